The van der Waals surface area contributed by atoms with Crippen LogP contribution in [0.4, 0.5) is 10.6 Å². The van der Waals surface area contributed by atoms with E-state index in [1.165, 1.54) is 19.3 Å². The molecule has 6 heteroatoms. The number of aromatic amines is 1. The number of nitrogens with two attached hydrogens (primary N) is 1. The number of hydrogen-bond donors (Lipinski definition) is 2. The number of nitrogens with one attached hydrogen (secondary N) is 1. The van der Waals surface area contributed by atoms with Crippen molar-refractivity contribution < 1.29 is 4.79 Å². The molecule has 6 nitrogen and oxygen atoms in total. The topological polar surface area (TPSA) is 78.2 Å². The first-order valence-corrected chi connectivity index (χ1v) is 7.55. The van der Waals surface area contributed by atoms with Gasteiger partial charge in [0.15, 0.2) is 0 Å². The van der Waals surface area contributed by atoms with Crippen LogP contribution in [0.3, 0.4) is 0 Å². The van der Waals surface area contributed by atoms with Crippen LogP contribution >= 0.6 is 0 Å². The van der Waals surface area contributed by atoms with Crippen LogP contribution in [0.1, 0.15) is 44.2 Å². The monoisotopic (exact) mass is 277 g/mol. The largest absolute Gasteiger partial charge is 0.351 e. The molecule has 3 rings (SSSR count). The molecule has 1 aromatic rings. The van der Waals surface area contributed by atoms with E-state index in [0.717, 1.165) is 31.0 Å². The molecule has 20 heavy (non-hydrogen) atoms. The number of hydrogen-bond acceptors (Lipinski definition) is 3. The summed E-state index contributed by atoms with van der Waals surface area (Å²) in [5.41, 5.74) is 6.62. The molecule has 110 valence electrons. The van der Waals surface area contributed by atoms with E-state index in [4.69, 9.17) is 5.73 Å². The van der Waals surface area contributed by atoms with Gasteiger partial charge in [-0.15, -0.1) is 0 Å². The van der Waals surface area contributed by atoms with E-state index in [-0.39, 0.29) is 0 Å². The maximum Gasteiger partial charge on any atom is 0.320 e. The summed E-state index contributed by atoms with van der Waals surface area (Å²) in [5, 5.41) is 7.28. The van der Waals surface area contributed by atoms with E-state index >= 15 is 0 Å². The predicted octanol–water partition coefficient (Wildman–Crippen LogP) is 1.66. The minimum absolute atomic E-state index is 0.403. The number of likely N-dealkylation sites (tertiary alicyclic amines) is 1. The Balaban J connectivity index is 1.72. The Morgan fingerprint density at radius 1 is 1.55 bits per heavy atom. The quantitative estimate of drug-likeness (QED) is 0.859. The molecule has 2 fully saturated rings. The van der Waals surface area contributed by atoms with E-state index in [1.807, 2.05) is 6.07 Å². The Morgan fingerprint density at radius 2 is 2.35 bits per heavy atom. The van der Waals surface area contributed by atoms with Crippen molar-refractivity contribution in [2.45, 2.75) is 44.6 Å². The van der Waals surface area contributed by atoms with Crippen LogP contribution in [-0.4, -0.2) is 46.8 Å². The number of nitrogens with zero attached hydrogens (tertiary/aromatic N) is 3. The van der Waals surface area contributed by atoms with Gasteiger partial charge in [0.05, 0.1) is 5.69 Å². The summed E-state index contributed by atoms with van der Waals surface area (Å²) >= 11 is 0. The molecule has 0 aromatic carbocycles. The number of likely N-dealkylation sites (N-methyl/N-ethyl adjacent to an activating group) is 1. The van der Waals surface area contributed by atoms with Gasteiger partial charge in [-0.3, -0.25) is 14.9 Å². The van der Waals surface area contributed by atoms with Crippen molar-refractivity contribution in [1.82, 2.24) is 15.1 Å². The van der Waals surface area contributed by atoms with Crippen molar-refractivity contribution in [2.24, 2.45) is 5.73 Å². The van der Waals surface area contributed by atoms with Gasteiger partial charge in [-0.05, 0) is 38.8 Å². The second-order valence-corrected chi connectivity index (χ2v) is 5.83. The lowest BCUT2D eigenvalue weighted by Gasteiger charge is -2.28. The van der Waals surface area contributed by atoms with Gasteiger partial charge in [0.1, 0.15) is 5.82 Å². The second kappa shape index (κ2) is 5.44. The molecule has 1 unspecified atom stereocenters. The van der Waals surface area contributed by atoms with Gasteiger partial charge in [0.2, 0.25) is 0 Å². The van der Waals surface area contributed by atoms with E-state index in [2.05, 4.69) is 22.0 Å². The van der Waals surface area contributed by atoms with Crippen molar-refractivity contribution in [3.63, 3.8) is 0 Å². The minimum Gasteiger partial charge on any atom is -0.351 e. The maximum atomic E-state index is 11.8. The molecular weight excluding hydrogens is 254 g/mol. The summed E-state index contributed by atoms with van der Waals surface area (Å²) in [6.45, 7) is 4.95. The summed E-state index contributed by atoms with van der Waals surface area (Å²) in [6, 6.07) is 1.98. The Hall–Kier alpha value is -1.56. The lowest BCUT2D eigenvalue weighted by Crippen LogP contribution is -2.45. The van der Waals surface area contributed by atoms with Crippen molar-refractivity contribution in [2.75, 3.05) is 24.5 Å². The van der Waals surface area contributed by atoms with E-state index in [0.29, 0.717) is 18.5 Å². The highest BCUT2D eigenvalue weighted by Crippen LogP contribution is 2.39. The van der Waals surface area contributed by atoms with Crippen LogP contribution in [0.2, 0.25) is 0 Å². The van der Waals surface area contributed by atoms with Crippen LogP contribution in [0, 0.1) is 0 Å². The number of anilines is 1. The summed E-state index contributed by atoms with van der Waals surface area (Å²) in [5.74, 6) is 1.32. The summed E-state index contributed by atoms with van der Waals surface area (Å²) in [6.07, 6.45) is 4.73. The molecule has 1 saturated heterocycles. The number of primary amides is 1. The lowest BCUT2D eigenvalue weighted by atomic mass is 10.2. The fraction of sp³-hybridized carbons (Fsp3) is 0.714. The van der Waals surface area contributed by atoms with Gasteiger partial charge in [0, 0.05) is 24.6 Å². The Labute approximate surface area is 119 Å². The van der Waals surface area contributed by atoms with Crippen LogP contribution in [0.25, 0.3) is 0 Å². The number of aromatic nitrogens is 2. The molecule has 1 atom stereocenters. The minimum atomic E-state index is -0.404. The maximum absolute atomic E-state index is 11.8. The van der Waals surface area contributed by atoms with Gasteiger partial charge in [-0.25, -0.2) is 4.79 Å². The zero-order chi connectivity index (χ0) is 14.1. The number of H-pyrrole nitrogens is 1. The standard InChI is InChI=1S/C14H23N5O/c1-2-18-7-3-4-11(18)9-19(14(15)20)13-8-12(16-17-13)10-5-6-10/h8,10-11H,2-7,9H2,1H3,(H2,15,20)(H,16,17). The third-order valence-corrected chi connectivity index (χ3v) is 4.44. The van der Waals surface area contributed by atoms with Crippen molar-refractivity contribution in [3.05, 3.63) is 11.8 Å². The van der Waals surface area contributed by atoms with Gasteiger partial charge < -0.3 is 5.73 Å². The summed E-state index contributed by atoms with van der Waals surface area (Å²) < 4.78 is 0. The van der Waals surface area contributed by atoms with Crippen molar-refractivity contribution in [1.29, 1.82) is 0 Å². The number of amides is 2. The van der Waals surface area contributed by atoms with Crippen LogP contribution < -0.4 is 10.6 Å². The number of carbonyl (C=O) groups excluding carboxylic acids is 1. The third kappa shape index (κ3) is 2.65. The Bertz CT molecular complexity index is 482. The van der Waals surface area contributed by atoms with Crippen LogP contribution in [0.5, 0.6) is 0 Å². The first-order chi connectivity index (χ1) is 9.69. The highest BCUT2D eigenvalue weighted by atomic mass is 16.2. The fourth-order valence-corrected chi connectivity index (χ4v) is 3.09. The average molecular weight is 277 g/mol. The predicted molar refractivity (Wildman–Crippen MR) is 77.8 cm³/mol. The van der Waals surface area contributed by atoms with Gasteiger partial charge in [-0.1, -0.05) is 6.92 Å². The first-order valence-electron chi connectivity index (χ1n) is 7.55. The third-order valence-electron chi connectivity index (χ3n) is 4.44. The Kier molecular flexibility index (Phi) is 3.65. The molecule has 2 heterocycles. The summed E-state index contributed by atoms with van der Waals surface area (Å²) in [4.78, 5) is 15.8. The molecule has 2 aliphatic rings. The average Bonchev–Trinajstić information content (AvgIpc) is 3.01. The molecule has 1 aromatic heterocycles. The summed E-state index contributed by atoms with van der Waals surface area (Å²) in [7, 11) is 0. The molecular formula is C14H23N5O. The normalized spacial score (nSPS) is 23.1. The lowest BCUT2D eigenvalue weighted by molar-refractivity contribution is 0.244. The first kappa shape index (κ1) is 13.4. The highest BCUT2D eigenvalue weighted by molar-refractivity contribution is 5.89. The van der Waals surface area contributed by atoms with Crippen molar-refractivity contribution >= 4 is 11.8 Å². The molecule has 3 N–H and O–H groups in total. The number of carbonyl (C=O) groups is 1. The molecule has 1 aliphatic carbocycles. The highest BCUT2D eigenvalue weighted by Gasteiger charge is 2.30. The van der Waals surface area contributed by atoms with Gasteiger partial charge in [0.25, 0.3) is 0 Å². The zero-order valence-corrected chi connectivity index (χ0v) is 12.0. The molecule has 1 saturated carbocycles. The molecule has 2 amide bonds. The Morgan fingerprint density at radius 3 is 3.00 bits per heavy atom. The van der Waals surface area contributed by atoms with Crippen LogP contribution in [-0.2, 0) is 0 Å². The second-order valence-electron chi connectivity index (χ2n) is 5.83. The van der Waals surface area contributed by atoms with Crippen molar-refractivity contribution in [3.8, 4) is 0 Å². The SMILES string of the molecule is CCN1CCCC1CN(C(N)=O)c1cc(C2CC2)n[nH]1. The molecule has 0 spiro atoms. The van der Waals surface area contributed by atoms with Gasteiger partial charge >= 0.3 is 6.03 Å². The smallest absolute Gasteiger partial charge is 0.320 e. The molecule has 0 bridgehead atoms. The van der Waals surface area contributed by atoms with E-state index in [9.17, 15) is 4.79 Å². The van der Waals surface area contributed by atoms with Gasteiger partial charge in [-0.2, -0.15) is 5.10 Å². The van der Waals surface area contributed by atoms with Crippen LogP contribution in [0.15, 0.2) is 6.07 Å². The fourth-order valence-electron chi connectivity index (χ4n) is 3.09. The number of rotatable bonds is 5. The molecule has 1 aliphatic heterocycles. The van der Waals surface area contributed by atoms with E-state index < -0.39 is 6.03 Å². The number of urea groups is 1. The zero-order valence-electron chi connectivity index (χ0n) is 12.0. The molecule has 0 radical (unpaired) electrons. The van der Waals surface area contributed by atoms with E-state index in [1.54, 1.807) is 4.90 Å².